The number of anilines is 1. The molecule has 3 amide bonds. The molecule has 0 atom stereocenters. The molecule has 2 aromatic carbocycles. The zero-order valence-corrected chi connectivity index (χ0v) is 17.8. The third-order valence-corrected chi connectivity index (χ3v) is 4.34. The SMILES string of the molecule is COCCN(CC(=O)NCC(=O)Nc1ccc(OC)cc1)C(=O)c1ccc(OC)cc1. The number of hydrogen-bond acceptors (Lipinski definition) is 6. The molecule has 0 fully saturated rings. The van der Waals surface area contributed by atoms with E-state index < -0.39 is 5.91 Å². The van der Waals surface area contributed by atoms with Gasteiger partial charge in [0, 0.05) is 24.9 Å². The summed E-state index contributed by atoms with van der Waals surface area (Å²) in [6, 6.07) is 13.4. The quantitative estimate of drug-likeness (QED) is 0.561. The highest BCUT2D eigenvalue weighted by Gasteiger charge is 2.19. The zero-order valence-electron chi connectivity index (χ0n) is 17.8. The second-order valence-corrected chi connectivity index (χ2v) is 6.50. The van der Waals surface area contributed by atoms with Gasteiger partial charge in [0.15, 0.2) is 0 Å². The molecule has 0 saturated heterocycles. The Balaban J connectivity index is 1.89. The second kappa shape index (κ2) is 12.2. The lowest BCUT2D eigenvalue weighted by molar-refractivity contribution is -0.124. The standard InChI is InChI=1S/C22H27N3O6/c1-29-13-12-25(22(28)16-4-8-18(30-2)9-5-16)15-21(27)23-14-20(26)24-17-6-10-19(31-3)11-7-17/h4-11H,12-15H2,1-3H3,(H,23,27)(H,24,26). The highest BCUT2D eigenvalue weighted by atomic mass is 16.5. The van der Waals surface area contributed by atoms with E-state index in [1.807, 2.05) is 0 Å². The third-order valence-electron chi connectivity index (χ3n) is 4.34. The first-order valence-corrected chi connectivity index (χ1v) is 9.59. The van der Waals surface area contributed by atoms with E-state index in [1.165, 1.54) is 19.1 Å². The summed E-state index contributed by atoms with van der Waals surface area (Å²) in [5.41, 5.74) is 0.999. The number of ether oxygens (including phenoxy) is 3. The summed E-state index contributed by atoms with van der Waals surface area (Å²) in [6.45, 7) is 0.0731. The smallest absolute Gasteiger partial charge is 0.254 e. The van der Waals surface area contributed by atoms with E-state index in [0.717, 1.165) is 0 Å². The number of benzene rings is 2. The maximum Gasteiger partial charge on any atom is 0.254 e. The Bertz CT molecular complexity index is 868. The fourth-order valence-electron chi connectivity index (χ4n) is 2.66. The van der Waals surface area contributed by atoms with Crippen molar-refractivity contribution in [1.29, 1.82) is 0 Å². The molecule has 9 nitrogen and oxygen atoms in total. The molecule has 2 rings (SSSR count). The Morgan fingerprint density at radius 2 is 1.42 bits per heavy atom. The average molecular weight is 429 g/mol. The lowest BCUT2D eigenvalue weighted by Gasteiger charge is -2.22. The van der Waals surface area contributed by atoms with Crippen molar-refractivity contribution in [3.63, 3.8) is 0 Å². The average Bonchev–Trinajstić information content (AvgIpc) is 2.80. The van der Waals surface area contributed by atoms with E-state index in [4.69, 9.17) is 14.2 Å². The van der Waals surface area contributed by atoms with Gasteiger partial charge in [0.2, 0.25) is 11.8 Å². The van der Waals surface area contributed by atoms with Gasteiger partial charge >= 0.3 is 0 Å². The number of methoxy groups -OCH3 is 3. The molecule has 31 heavy (non-hydrogen) atoms. The van der Waals surface area contributed by atoms with Crippen LogP contribution in [0.4, 0.5) is 5.69 Å². The van der Waals surface area contributed by atoms with Crippen molar-refractivity contribution in [2.75, 3.05) is 52.9 Å². The number of amides is 3. The Morgan fingerprint density at radius 1 is 0.839 bits per heavy atom. The molecule has 0 bridgehead atoms. The van der Waals surface area contributed by atoms with E-state index >= 15 is 0 Å². The topological polar surface area (TPSA) is 106 Å². The summed E-state index contributed by atoms with van der Waals surface area (Å²) in [5, 5.41) is 5.20. The van der Waals surface area contributed by atoms with Crippen molar-refractivity contribution < 1.29 is 28.6 Å². The number of carbonyl (C=O) groups is 3. The van der Waals surface area contributed by atoms with E-state index in [2.05, 4.69) is 10.6 Å². The molecule has 0 aliphatic carbocycles. The van der Waals surface area contributed by atoms with Gasteiger partial charge in [-0.15, -0.1) is 0 Å². The van der Waals surface area contributed by atoms with Crippen molar-refractivity contribution in [3.8, 4) is 11.5 Å². The molecule has 0 unspecified atom stereocenters. The molecule has 0 aliphatic heterocycles. The van der Waals surface area contributed by atoms with Gasteiger partial charge < -0.3 is 29.7 Å². The number of nitrogens with zero attached hydrogens (tertiary/aromatic N) is 1. The molecule has 166 valence electrons. The first-order chi connectivity index (χ1) is 15.0. The van der Waals surface area contributed by atoms with Gasteiger partial charge in [-0.05, 0) is 48.5 Å². The molecule has 0 heterocycles. The number of rotatable bonds is 11. The Morgan fingerprint density at radius 3 is 1.97 bits per heavy atom. The zero-order chi connectivity index (χ0) is 22.6. The lowest BCUT2D eigenvalue weighted by Crippen LogP contribution is -2.44. The van der Waals surface area contributed by atoms with Crippen LogP contribution in [-0.4, -0.2) is 70.2 Å². The summed E-state index contributed by atoms with van der Waals surface area (Å²) < 4.78 is 15.2. The van der Waals surface area contributed by atoms with Crippen molar-refractivity contribution in [1.82, 2.24) is 10.2 Å². The van der Waals surface area contributed by atoms with E-state index in [0.29, 0.717) is 22.7 Å². The van der Waals surface area contributed by atoms with Crippen LogP contribution in [0.3, 0.4) is 0 Å². The van der Waals surface area contributed by atoms with Crippen LogP contribution < -0.4 is 20.1 Å². The molecular formula is C22H27N3O6. The van der Waals surface area contributed by atoms with E-state index in [9.17, 15) is 14.4 Å². The highest BCUT2D eigenvalue weighted by Crippen LogP contribution is 2.15. The molecule has 0 radical (unpaired) electrons. The Kier molecular flexibility index (Phi) is 9.31. The van der Waals surface area contributed by atoms with Crippen LogP contribution in [0.2, 0.25) is 0 Å². The molecule has 0 spiro atoms. The third kappa shape index (κ3) is 7.63. The minimum absolute atomic E-state index is 0.204. The monoisotopic (exact) mass is 429 g/mol. The minimum Gasteiger partial charge on any atom is -0.497 e. The van der Waals surface area contributed by atoms with Crippen LogP contribution in [-0.2, 0) is 14.3 Å². The van der Waals surface area contributed by atoms with E-state index in [-0.39, 0.29) is 38.1 Å². The highest BCUT2D eigenvalue weighted by molar-refractivity contribution is 5.98. The number of nitrogens with one attached hydrogen (secondary N) is 2. The van der Waals surface area contributed by atoms with Crippen LogP contribution >= 0.6 is 0 Å². The molecule has 0 aliphatic rings. The lowest BCUT2D eigenvalue weighted by atomic mass is 10.2. The van der Waals surface area contributed by atoms with Crippen molar-refractivity contribution in [2.24, 2.45) is 0 Å². The van der Waals surface area contributed by atoms with Gasteiger partial charge in [-0.25, -0.2) is 0 Å². The molecule has 2 N–H and O–H groups in total. The van der Waals surface area contributed by atoms with Crippen molar-refractivity contribution in [2.45, 2.75) is 0 Å². The molecule has 0 aromatic heterocycles. The van der Waals surface area contributed by atoms with E-state index in [1.54, 1.807) is 55.6 Å². The predicted molar refractivity (Wildman–Crippen MR) is 115 cm³/mol. The summed E-state index contributed by atoms with van der Waals surface area (Å²) >= 11 is 0. The van der Waals surface area contributed by atoms with Crippen LogP contribution in [0.5, 0.6) is 11.5 Å². The van der Waals surface area contributed by atoms with Crippen molar-refractivity contribution >= 4 is 23.4 Å². The first kappa shape index (κ1) is 23.7. The first-order valence-electron chi connectivity index (χ1n) is 9.59. The normalized spacial score (nSPS) is 10.2. The van der Waals surface area contributed by atoms with Gasteiger partial charge in [-0.2, -0.15) is 0 Å². The van der Waals surface area contributed by atoms with Gasteiger partial charge in [0.1, 0.15) is 11.5 Å². The van der Waals surface area contributed by atoms with Crippen molar-refractivity contribution in [3.05, 3.63) is 54.1 Å². The van der Waals surface area contributed by atoms with Gasteiger partial charge in [-0.3, -0.25) is 14.4 Å². The molecule has 0 saturated carbocycles. The van der Waals surface area contributed by atoms with Gasteiger partial charge in [-0.1, -0.05) is 0 Å². The molecule has 9 heteroatoms. The fourth-order valence-corrected chi connectivity index (χ4v) is 2.66. The van der Waals surface area contributed by atoms with Gasteiger partial charge in [0.05, 0.1) is 33.9 Å². The summed E-state index contributed by atoms with van der Waals surface area (Å²) in [4.78, 5) is 38.5. The fraction of sp³-hybridized carbons (Fsp3) is 0.318. The summed E-state index contributed by atoms with van der Waals surface area (Å²) in [6.07, 6.45) is 0. The summed E-state index contributed by atoms with van der Waals surface area (Å²) in [5.74, 6) is 0.133. The second-order valence-electron chi connectivity index (χ2n) is 6.50. The van der Waals surface area contributed by atoms with Crippen LogP contribution in [0.15, 0.2) is 48.5 Å². The van der Waals surface area contributed by atoms with Gasteiger partial charge in [0.25, 0.3) is 5.91 Å². The van der Waals surface area contributed by atoms with Crippen LogP contribution in [0, 0.1) is 0 Å². The Hall–Kier alpha value is -3.59. The Labute approximate surface area is 181 Å². The molecular weight excluding hydrogens is 402 g/mol. The summed E-state index contributed by atoms with van der Waals surface area (Å²) in [7, 11) is 4.61. The van der Waals surface area contributed by atoms with Crippen LogP contribution in [0.1, 0.15) is 10.4 Å². The number of carbonyl (C=O) groups excluding carboxylic acids is 3. The maximum absolute atomic E-state index is 12.8. The predicted octanol–water partition coefficient (Wildman–Crippen LogP) is 1.55. The minimum atomic E-state index is -0.456. The maximum atomic E-state index is 12.8. The van der Waals surface area contributed by atoms with Crippen LogP contribution in [0.25, 0.3) is 0 Å². The largest absolute Gasteiger partial charge is 0.497 e. The molecule has 2 aromatic rings. The number of hydrogen-bond donors (Lipinski definition) is 2.